The maximum Gasteiger partial charge on any atom is 0.269 e. The van der Waals surface area contributed by atoms with E-state index in [1.807, 2.05) is 30.3 Å². The van der Waals surface area contributed by atoms with E-state index in [-0.39, 0.29) is 5.91 Å². The predicted octanol–water partition coefficient (Wildman–Crippen LogP) is 4.21. The second-order valence-electron chi connectivity index (χ2n) is 6.82. The summed E-state index contributed by atoms with van der Waals surface area (Å²) in [7, 11) is 0. The first-order chi connectivity index (χ1) is 12.7. The van der Waals surface area contributed by atoms with Crippen molar-refractivity contribution in [3.8, 4) is 0 Å². The van der Waals surface area contributed by atoms with Gasteiger partial charge in [-0.05, 0) is 29.7 Å². The SMILES string of the molecule is CCCCCNC(=O)c1ccc2c(n1)CCN(Cc1ccccc1Cl)C2. The van der Waals surface area contributed by atoms with Crippen molar-refractivity contribution in [2.75, 3.05) is 13.1 Å². The van der Waals surface area contributed by atoms with Crippen LogP contribution in [-0.4, -0.2) is 28.9 Å². The lowest BCUT2D eigenvalue weighted by Gasteiger charge is -2.28. The standard InChI is InChI=1S/C21H26ClN3O/c1-2-3-6-12-23-21(26)20-10-9-17-15-25(13-11-19(17)24-20)14-16-7-4-5-8-18(16)22/h4-5,7-10H,2-3,6,11-15H2,1H3,(H,23,26). The molecule has 0 radical (unpaired) electrons. The van der Waals surface area contributed by atoms with Crippen LogP contribution in [0.15, 0.2) is 36.4 Å². The number of fused-ring (bicyclic) bond motifs is 1. The molecule has 3 rings (SSSR count). The Bertz CT molecular complexity index is 763. The zero-order valence-corrected chi connectivity index (χ0v) is 16.1. The normalized spacial score (nSPS) is 14.1. The van der Waals surface area contributed by atoms with Gasteiger partial charge in [0, 0.05) is 43.3 Å². The number of hydrogen-bond donors (Lipinski definition) is 1. The number of carbonyl (C=O) groups excluding carboxylic acids is 1. The third-order valence-corrected chi connectivity index (χ3v) is 5.15. The van der Waals surface area contributed by atoms with Crippen molar-refractivity contribution in [1.29, 1.82) is 0 Å². The van der Waals surface area contributed by atoms with Gasteiger partial charge in [0.25, 0.3) is 5.91 Å². The van der Waals surface area contributed by atoms with Crippen molar-refractivity contribution in [3.05, 3.63) is 63.9 Å². The zero-order chi connectivity index (χ0) is 18.4. The average Bonchev–Trinajstić information content (AvgIpc) is 2.66. The van der Waals surface area contributed by atoms with Crippen LogP contribution < -0.4 is 5.32 Å². The molecule has 26 heavy (non-hydrogen) atoms. The molecule has 4 nitrogen and oxygen atoms in total. The lowest BCUT2D eigenvalue weighted by molar-refractivity contribution is 0.0947. The molecule has 5 heteroatoms. The molecule has 0 aliphatic carbocycles. The summed E-state index contributed by atoms with van der Waals surface area (Å²) in [6.07, 6.45) is 4.16. The van der Waals surface area contributed by atoms with E-state index in [9.17, 15) is 4.79 Å². The lowest BCUT2D eigenvalue weighted by Crippen LogP contribution is -2.32. The van der Waals surface area contributed by atoms with Crippen molar-refractivity contribution in [2.45, 2.75) is 45.7 Å². The van der Waals surface area contributed by atoms with Crippen LogP contribution in [0.5, 0.6) is 0 Å². The summed E-state index contributed by atoms with van der Waals surface area (Å²) >= 11 is 6.28. The van der Waals surface area contributed by atoms with Gasteiger partial charge in [-0.15, -0.1) is 0 Å². The van der Waals surface area contributed by atoms with Gasteiger partial charge in [-0.25, -0.2) is 4.98 Å². The molecular formula is C21H26ClN3O. The minimum Gasteiger partial charge on any atom is -0.351 e. The maximum absolute atomic E-state index is 12.2. The Labute approximate surface area is 160 Å². The Morgan fingerprint density at radius 3 is 2.88 bits per heavy atom. The fourth-order valence-corrected chi connectivity index (χ4v) is 3.47. The molecule has 0 bridgehead atoms. The van der Waals surface area contributed by atoms with E-state index in [2.05, 4.69) is 28.2 Å². The van der Waals surface area contributed by atoms with Gasteiger partial charge in [0.05, 0.1) is 0 Å². The largest absolute Gasteiger partial charge is 0.351 e. The Morgan fingerprint density at radius 1 is 1.23 bits per heavy atom. The number of benzene rings is 1. The van der Waals surface area contributed by atoms with Crippen molar-refractivity contribution in [2.24, 2.45) is 0 Å². The van der Waals surface area contributed by atoms with Crippen LogP contribution in [0.1, 0.15) is 53.5 Å². The Hall–Kier alpha value is -1.91. The number of nitrogens with zero attached hydrogens (tertiary/aromatic N) is 2. The van der Waals surface area contributed by atoms with E-state index in [0.29, 0.717) is 5.69 Å². The van der Waals surface area contributed by atoms with Crippen molar-refractivity contribution in [1.82, 2.24) is 15.2 Å². The number of hydrogen-bond acceptors (Lipinski definition) is 3. The molecule has 0 unspecified atom stereocenters. The van der Waals surface area contributed by atoms with Crippen LogP contribution in [0.4, 0.5) is 0 Å². The molecule has 2 heterocycles. The minimum absolute atomic E-state index is 0.0672. The third-order valence-electron chi connectivity index (χ3n) is 4.78. The minimum atomic E-state index is -0.0672. The smallest absolute Gasteiger partial charge is 0.269 e. The molecule has 0 saturated carbocycles. The fourth-order valence-electron chi connectivity index (χ4n) is 3.27. The van der Waals surface area contributed by atoms with Crippen LogP contribution in [0, 0.1) is 0 Å². The van der Waals surface area contributed by atoms with Crippen LogP contribution in [-0.2, 0) is 19.5 Å². The van der Waals surface area contributed by atoms with Crippen LogP contribution in [0.2, 0.25) is 5.02 Å². The van der Waals surface area contributed by atoms with E-state index >= 15 is 0 Å². The predicted molar refractivity (Wildman–Crippen MR) is 105 cm³/mol. The van der Waals surface area contributed by atoms with Gasteiger partial charge in [0.2, 0.25) is 0 Å². The van der Waals surface area contributed by atoms with Crippen molar-refractivity contribution >= 4 is 17.5 Å². The highest BCUT2D eigenvalue weighted by Gasteiger charge is 2.19. The van der Waals surface area contributed by atoms with Gasteiger partial charge in [0.15, 0.2) is 0 Å². The molecule has 1 aliphatic rings. The molecule has 138 valence electrons. The molecule has 2 aromatic rings. The van der Waals surface area contributed by atoms with Gasteiger partial charge in [-0.2, -0.15) is 0 Å². The zero-order valence-electron chi connectivity index (χ0n) is 15.3. The van der Waals surface area contributed by atoms with Crippen LogP contribution in [0.3, 0.4) is 0 Å². The molecule has 1 aliphatic heterocycles. The van der Waals surface area contributed by atoms with Crippen molar-refractivity contribution in [3.63, 3.8) is 0 Å². The summed E-state index contributed by atoms with van der Waals surface area (Å²) in [6, 6.07) is 11.9. The monoisotopic (exact) mass is 371 g/mol. The third kappa shape index (κ3) is 4.83. The molecule has 0 saturated heterocycles. The van der Waals surface area contributed by atoms with E-state index in [1.165, 1.54) is 5.56 Å². The van der Waals surface area contributed by atoms with Crippen molar-refractivity contribution < 1.29 is 4.79 Å². The van der Waals surface area contributed by atoms with Gasteiger partial charge < -0.3 is 5.32 Å². The second kappa shape index (κ2) is 9.15. The van der Waals surface area contributed by atoms with E-state index in [4.69, 9.17) is 11.6 Å². The quantitative estimate of drug-likeness (QED) is 0.741. The number of unbranched alkanes of at least 4 members (excludes halogenated alkanes) is 2. The number of rotatable bonds is 7. The molecule has 0 spiro atoms. The summed E-state index contributed by atoms with van der Waals surface area (Å²) in [5.74, 6) is -0.0672. The van der Waals surface area contributed by atoms with E-state index < -0.39 is 0 Å². The highest BCUT2D eigenvalue weighted by atomic mass is 35.5. The Balaban J connectivity index is 1.60. The van der Waals surface area contributed by atoms with E-state index in [1.54, 1.807) is 0 Å². The average molecular weight is 372 g/mol. The Morgan fingerprint density at radius 2 is 2.08 bits per heavy atom. The first-order valence-corrected chi connectivity index (χ1v) is 9.78. The summed E-state index contributed by atoms with van der Waals surface area (Å²) < 4.78 is 0. The Kier molecular flexibility index (Phi) is 6.64. The molecule has 0 fully saturated rings. The van der Waals surface area contributed by atoms with Crippen LogP contribution in [0.25, 0.3) is 0 Å². The van der Waals surface area contributed by atoms with Gasteiger partial charge in [-0.3, -0.25) is 9.69 Å². The lowest BCUT2D eigenvalue weighted by atomic mass is 10.0. The highest BCUT2D eigenvalue weighted by molar-refractivity contribution is 6.31. The maximum atomic E-state index is 12.2. The number of amides is 1. The summed E-state index contributed by atoms with van der Waals surface area (Å²) in [5.41, 5.74) is 3.92. The van der Waals surface area contributed by atoms with Gasteiger partial charge in [0.1, 0.15) is 5.69 Å². The van der Waals surface area contributed by atoms with Gasteiger partial charge in [-0.1, -0.05) is 55.6 Å². The number of aromatic nitrogens is 1. The first kappa shape index (κ1) is 18.9. The molecule has 1 aromatic carbocycles. The number of pyridine rings is 1. The van der Waals surface area contributed by atoms with Crippen LogP contribution >= 0.6 is 11.6 Å². The first-order valence-electron chi connectivity index (χ1n) is 9.40. The molecule has 1 aromatic heterocycles. The molecular weight excluding hydrogens is 346 g/mol. The molecule has 0 atom stereocenters. The van der Waals surface area contributed by atoms with Gasteiger partial charge >= 0.3 is 0 Å². The summed E-state index contributed by atoms with van der Waals surface area (Å²) in [6.45, 7) is 5.47. The summed E-state index contributed by atoms with van der Waals surface area (Å²) in [5, 5.41) is 3.77. The fraction of sp³-hybridized carbons (Fsp3) is 0.429. The number of carbonyl (C=O) groups is 1. The number of halogens is 1. The molecule has 1 amide bonds. The highest BCUT2D eigenvalue weighted by Crippen LogP contribution is 2.22. The number of nitrogens with one attached hydrogen (secondary N) is 1. The molecule has 1 N–H and O–H groups in total. The summed E-state index contributed by atoms with van der Waals surface area (Å²) in [4.78, 5) is 19.2. The second-order valence-corrected chi connectivity index (χ2v) is 7.22. The van der Waals surface area contributed by atoms with E-state index in [0.717, 1.165) is 68.1 Å². The topological polar surface area (TPSA) is 45.2 Å².